The molecule has 130 valence electrons. The molecule has 4 rings (SSSR count). The SMILES string of the molecule is COc1ccc(-c2cnc3[nH]cc(-c4ccc(O)cc4)c3c2)cc1OC. The number of fused-ring (bicyclic) bond motifs is 1. The van der Waals surface area contributed by atoms with Crippen molar-refractivity contribution in [2.75, 3.05) is 14.2 Å². The van der Waals surface area contributed by atoms with Crippen LogP contribution in [0.15, 0.2) is 60.9 Å². The number of pyridine rings is 1. The van der Waals surface area contributed by atoms with Crippen LogP contribution < -0.4 is 9.47 Å². The highest BCUT2D eigenvalue weighted by molar-refractivity contribution is 5.95. The third-order valence-electron chi connectivity index (χ3n) is 4.43. The molecule has 2 aromatic heterocycles. The Bertz CT molecular complexity index is 1070. The van der Waals surface area contributed by atoms with Gasteiger partial charge in [-0.15, -0.1) is 0 Å². The molecule has 2 heterocycles. The minimum atomic E-state index is 0.248. The van der Waals surface area contributed by atoms with Crippen LogP contribution in [0.5, 0.6) is 17.2 Å². The summed E-state index contributed by atoms with van der Waals surface area (Å²) in [6.07, 6.45) is 3.77. The summed E-state index contributed by atoms with van der Waals surface area (Å²) in [5.41, 5.74) is 4.85. The lowest BCUT2D eigenvalue weighted by molar-refractivity contribution is 0.355. The molecule has 0 atom stereocenters. The van der Waals surface area contributed by atoms with Crippen LogP contribution in [0.3, 0.4) is 0 Å². The van der Waals surface area contributed by atoms with Gasteiger partial charge >= 0.3 is 0 Å². The van der Waals surface area contributed by atoms with Crippen molar-refractivity contribution in [1.29, 1.82) is 0 Å². The minimum absolute atomic E-state index is 0.248. The summed E-state index contributed by atoms with van der Waals surface area (Å²) in [5, 5.41) is 10.5. The molecule has 0 aliphatic carbocycles. The summed E-state index contributed by atoms with van der Waals surface area (Å²) in [4.78, 5) is 7.74. The Morgan fingerprint density at radius 1 is 0.846 bits per heavy atom. The molecule has 0 spiro atoms. The number of phenols is 1. The van der Waals surface area contributed by atoms with Gasteiger partial charge in [-0.2, -0.15) is 0 Å². The predicted octanol–water partition coefficient (Wildman–Crippen LogP) is 4.62. The number of aromatic nitrogens is 2. The highest BCUT2D eigenvalue weighted by Crippen LogP contribution is 2.35. The van der Waals surface area contributed by atoms with Crippen molar-refractivity contribution < 1.29 is 14.6 Å². The first-order valence-corrected chi connectivity index (χ1v) is 8.18. The number of H-pyrrole nitrogens is 1. The van der Waals surface area contributed by atoms with E-state index in [2.05, 4.69) is 16.0 Å². The van der Waals surface area contributed by atoms with E-state index in [0.717, 1.165) is 33.3 Å². The third-order valence-corrected chi connectivity index (χ3v) is 4.43. The number of phenolic OH excluding ortho intramolecular Hbond substituents is 1. The van der Waals surface area contributed by atoms with Gasteiger partial charge in [0.2, 0.25) is 0 Å². The molecular formula is C21H18N2O3. The van der Waals surface area contributed by atoms with Crippen LogP contribution in [0.1, 0.15) is 0 Å². The van der Waals surface area contributed by atoms with Crippen molar-refractivity contribution in [2.45, 2.75) is 0 Å². The maximum atomic E-state index is 9.51. The summed E-state index contributed by atoms with van der Waals surface area (Å²) in [5.74, 6) is 1.62. The molecule has 0 saturated carbocycles. The second kappa shape index (κ2) is 6.44. The highest BCUT2D eigenvalue weighted by Gasteiger charge is 2.11. The molecule has 5 nitrogen and oxygen atoms in total. The molecule has 0 saturated heterocycles. The van der Waals surface area contributed by atoms with Crippen LogP contribution in [0.2, 0.25) is 0 Å². The van der Waals surface area contributed by atoms with Gasteiger partial charge < -0.3 is 19.6 Å². The average molecular weight is 346 g/mol. The zero-order chi connectivity index (χ0) is 18.1. The highest BCUT2D eigenvalue weighted by atomic mass is 16.5. The molecule has 26 heavy (non-hydrogen) atoms. The number of ether oxygens (including phenoxy) is 2. The number of hydrogen-bond acceptors (Lipinski definition) is 4. The van der Waals surface area contributed by atoms with Gasteiger partial charge in [-0.3, -0.25) is 0 Å². The van der Waals surface area contributed by atoms with Crippen molar-refractivity contribution in [3.8, 4) is 39.5 Å². The number of methoxy groups -OCH3 is 2. The van der Waals surface area contributed by atoms with Gasteiger partial charge in [0.1, 0.15) is 11.4 Å². The molecular weight excluding hydrogens is 328 g/mol. The standard InChI is InChI=1S/C21H18N2O3/c1-25-19-8-5-14(10-20(19)26-2)15-9-17-18(12-23-21(17)22-11-15)13-3-6-16(24)7-4-13/h3-12,24H,1-2H3,(H,22,23). The summed E-state index contributed by atoms with van der Waals surface area (Å²) < 4.78 is 10.7. The largest absolute Gasteiger partial charge is 0.508 e. The Morgan fingerprint density at radius 2 is 1.58 bits per heavy atom. The van der Waals surface area contributed by atoms with Crippen LogP contribution in [-0.4, -0.2) is 29.3 Å². The number of benzene rings is 2. The molecule has 5 heteroatoms. The Morgan fingerprint density at radius 3 is 2.31 bits per heavy atom. The lowest BCUT2D eigenvalue weighted by Crippen LogP contribution is -1.91. The fourth-order valence-electron chi connectivity index (χ4n) is 3.06. The number of nitrogens with one attached hydrogen (secondary N) is 1. The van der Waals surface area contributed by atoms with E-state index in [4.69, 9.17) is 9.47 Å². The zero-order valence-electron chi connectivity index (χ0n) is 14.5. The summed E-state index contributed by atoms with van der Waals surface area (Å²) >= 11 is 0. The number of rotatable bonds is 4. The zero-order valence-corrected chi connectivity index (χ0v) is 14.5. The smallest absolute Gasteiger partial charge is 0.161 e. The number of aromatic amines is 1. The van der Waals surface area contributed by atoms with Crippen molar-refractivity contribution in [3.05, 3.63) is 60.9 Å². The predicted molar refractivity (Wildman–Crippen MR) is 102 cm³/mol. The first-order chi connectivity index (χ1) is 12.7. The summed E-state index contributed by atoms with van der Waals surface area (Å²) in [6, 6.07) is 15.0. The van der Waals surface area contributed by atoms with Crippen LogP contribution in [0.25, 0.3) is 33.3 Å². The lowest BCUT2D eigenvalue weighted by atomic mass is 10.0. The Labute approximate surface area is 150 Å². The van der Waals surface area contributed by atoms with E-state index in [-0.39, 0.29) is 5.75 Å². The molecule has 0 fully saturated rings. The lowest BCUT2D eigenvalue weighted by Gasteiger charge is -2.10. The quantitative estimate of drug-likeness (QED) is 0.566. The second-order valence-electron chi connectivity index (χ2n) is 5.94. The van der Waals surface area contributed by atoms with Crippen LogP contribution in [-0.2, 0) is 0 Å². The van der Waals surface area contributed by atoms with Crippen LogP contribution in [0.4, 0.5) is 0 Å². The van der Waals surface area contributed by atoms with Gasteiger partial charge in [-0.25, -0.2) is 4.98 Å². The molecule has 0 aliphatic rings. The first-order valence-electron chi connectivity index (χ1n) is 8.18. The van der Waals surface area contributed by atoms with Crippen molar-refractivity contribution in [1.82, 2.24) is 9.97 Å². The van der Waals surface area contributed by atoms with Gasteiger partial charge in [0.05, 0.1) is 14.2 Å². The minimum Gasteiger partial charge on any atom is -0.508 e. The average Bonchev–Trinajstić information content (AvgIpc) is 3.11. The van der Waals surface area contributed by atoms with E-state index in [1.54, 1.807) is 26.4 Å². The van der Waals surface area contributed by atoms with Gasteiger partial charge in [0.25, 0.3) is 0 Å². The topological polar surface area (TPSA) is 67.4 Å². The molecule has 0 aliphatic heterocycles. The Hall–Kier alpha value is -3.47. The molecule has 4 aromatic rings. The van der Waals surface area contributed by atoms with Crippen molar-refractivity contribution in [2.24, 2.45) is 0 Å². The van der Waals surface area contributed by atoms with Crippen molar-refractivity contribution >= 4 is 11.0 Å². The molecule has 0 unspecified atom stereocenters. The summed E-state index contributed by atoms with van der Waals surface area (Å²) in [7, 11) is 3.24. The Kier molecular flexibility index (Phi) is 3.97. The van der Waals surface area contributed by atoms with E-state index in [9.17, 15) is 5.11 Å². The second-order valence-corrected chi connectivity index (χ2v) is 5.94. The van der Waals surface area contributed by atoms with E-state index in [1.165, 1.54) is 0 Å². The molecule has 2 aromatic carbocycles. The molecule has 0 radical (unpaired) electrons. The number of nitrogens with zero attached hydrogens (tertiary/aromatic N) is 1. The fourth-order valence-corrected chi connectivity index (χ4v) is 3.06. The number of hydrogen-bond donors (Lipinski definition) is 2. The van der Waals surface area contributed by atoms with E-state index in [0.29, 0.717) is 11.5 Å². The maximum Gasteiger partial charge on any atom is 0.161 e. The maximum absolute atomic E-state index is 9.51. The van der Waals surface area contributed by atoms with E-state index >= 15 is 0 Å². The molecule has 0 amide bonds. The molecule has 2 N–H and O–H groups in total. The summed E-state index contributed by atoms with van der Waals surface area (Å²) in [6.45, 7) is 0. The van der Waals surface area contributed by atoms with E-state index < -0.39 is 0 Å². The molecule has 0 bridgehead atoms. The van der Waals surface area contributed by atoms with Gasteiger partial charge in [0, 0.05) is 28.9 Å². The van der Waals surface area contributed by atoms with Crippen molar-refractivity contribution in [3.63, 3.8) is 0 Å². The monoisotopic (exact) mass is 346 g/mol. The normalized spacial score (nSPS) is 10.8. The van der Waals surface area contributed by atoms with Gasteiger partial charge in [0.15, 0.2) is 11.5 Å². The Balaban J connectivity index is 1.83. The van der Waals surface area contributed by atoms with E-state index in [1.807, 2.05) is 42.7 Å². The number of aromatic hydroxyl groups is 1. The third kappa shape index (κ3) is 2.73. The van der Waals surface area contributed by atoms with Gasteiger partial charge in [-0.05, 0) is 41.5 Å². The van der Waals surface area contributed by atoms with Crippen LogP contribution in [0, 0.1) is 0 Å². The fraction of sp³-hybridized carbons (Fsp3) is 0.0952. The first kappa shape index (κ1) is 16.0. The van der Waals surface area contributed by atoms with Crippen LogP contribution >= 0.6 is 0 Å². The van der Waals surface area contributed by atoms with Gasteiger partial charge in [-0.1, -0.05) is 18.2 Å².